The minimum Gasteiger partial charge on any atom is -0.323 e. The summed E-state index contributed by atoms with van der Waals surface area (Å²) in [4.78, 5) is 17.4. The molecule has 2 aromatic heterocycles. The molecular weight excluding hydrogens is 396 g/mol. The first kappa shape index (κ1) is 20.0. The van der Waals surface area contributed by atoms with Gasteiger partial charge >= 0.3 is 6.18 Å². The van der Waals surface area contributed by atoms with Crippen LogP contribution in [0.3, 0.4) is 0 Å². The van der Waals surface area contributed by atoms with E-state index in [4.69, 9.17) is 0 Å². The number of amides is 1. The standard InChI is InChI=1S/C18H16F4N4OS/c1-11-16(28-10-23-11)4-5-26-9-14(8-24-26)25-17(27)6-12-2-3-13(19)7-15(12)18(20,21)22/h2-3,7-10H,4-6H2,1H3,(H,25,27). The minimum absolute atomic E-state index is 0.292. The lowest BCUT2D eigenvalue weighted by Crippen LogP contribution is -2.18. The van der Waals surface area contributed by atoms with Gasteiger partial charge < -0.3 is 5.32 Å². The highest BCUT2D eigenvalue weighted by Gasteiger charge is 2.34. The quantitative estimate of drug-likeness (QED) is 0.617. The van der Waals surface area contributed by atoms with Crippen molar-refractivity contribution in [3.05, 3.63) is 63.6 Å². The topological polar surface area (TPSA) is 59.8 Å². The number of aromatic nitrogens is 3. The molecule has 28 heavy (non-hydrogen) atoms. The van der Waals surface area contributed by atoms with Gasteiger partial charge in [-0.05, 0) is 24.6 Å². The fourth-order valence-electron chi connectivity index (χ4n) is 2.68. The van der Waals surface area contributed by atoms with E-state index in [1.807, 2.05) is 6.92 Å². The molecule has 1 amide bonds. The second kappa shape index (κ2) is 8.09. The maximum Gasteiger partial charge on any atom is 0.416 e. The molecule has 3 aromatic rings. The van der Waals surface area contributed by atoms with Crippen LogP contribution >= 0.6 is 11.3 Å². The number of alkyl halides is 3. The molecule has 1 N–H and O–H groups in total. The number of rotatable bonds is 6. The molecule has 0 bridgehead atoms. The van der Waals surface area contributed by atoms with E-state index in [2.05, 4.69) is 15.4 Å². The number of thiazole rings is 1. The van der Waals surface area contributed by atoms with Crippen LogP contribution in [-0.2, 0) is 30.4 Å². The number of nitrogens with one attached hydrogen (secondary N) is 1. The van der Waals surface area contributed by atoms with Crippen molar-refractivity contribution in [3.8, 4) is 0 Å². The van der Waals surface area contributed by atoms with Gasteiger partial charge in [-0.1, -0.05) is 6.07 Å². The summed E-state index contributed by atoms with van der Waals surface area (Å²) in [6, 6.07) is 2.26. The highest BCUT2D eigenvalue weighted by Crippen LogP contribution is 2.32. The van der Waals surface area contributed by atoms with Crippen LogP contribution in [0.1, 0.15) is 21.7 Å². The Labute approximate surface area is 162 Å². The van der Waals surface area contributed by atoms with E-state index in [-0.39, 0.29) is 5.56 Å². The largest absolute Gasteiger partial charge is 0.416 e. The first-order valence-electron chi connectivity index (χ1n) is 8.29. The molecule has 0 aliphatic heterocycles. The van der Waals surface area contributed by atoms with Gasteiger partial charge in [0.25, 0.3) is 0 Å². The van der Waals surface area contributed by atoms with Gasteiger partial charge in [-0.2, -0.15) is 18.3 Å². The Hall–Kier alpha value is -2.75. The summed E-state index contributed by atoms with van der Waals surface area (Å²) in [5, 5.41) is 6.65. The molecule has 0 fully saturated rings. The van der Waals surface area contributed by atoms with Gasteiger partial charge in [0.05, 0.1) is 35.1 Å². The molecule has 5 nitrogen and oxygen atoms in total. The van der Waals surface area contributed by atoms with Gasteiger partial charge in [0.15, 0.2) is 0 Å². The number of halogens is 4. The van der Waals surface area contributed by atoms with Crippen LogP contribution in [0.5, 0.6) is 0 Å². The molecule has 0 saturated heterocycles. The normalized spacial score (nSPS) is 11.6. The van der Waals surface area contributed by atoms with Crippen LogP contribution in [0.2, 0.25) is 0 Å². The lowest BCUT2D eigenvalue weighted by Gasteiger charge is -2.12. The Bertz CT molecular complexity index is 980. The third-order valence-corrected chi connectivity index (χ3v) is 5.05. The fraction of sp³-hybridized carbons (Fsp3) is 0.278. The molecule has 0 atom stereocenters. The molecule has 0 spiro atoms. The molecule has 0 saturated carbocycles. The summed E-state index contributed by atoms with van der Waals surface area (Å²) in [5.41, 5.74) is 1.66. The Morgan fingerprint density at radius 3 is 2.79 bits per heavy atom. The maximum atomic E-state index is 13.1. The van der Waals surface area contributed by atoms with Crippen molar-refractivity contribution in [2.75, 3.05) is 5.32 Å². The zero-order valence-corrected chi connectivity index (χ0v) is 15.6. The molecule has 0 aliphatic rings. The molecule has 10 heteroatoms. The van der Waals surface area contributed by atoms with Crippen molar-refractivity contribution in [2.24, 2.45) is 0 Å². The van der Waals surface area contributed by atoms with Crippen LogP contribution in [0.15, 0.2) is 36.1 Å². The number of carbonyl (C=O) groups is 1. The van der Waals surface area contributed by atoms with E-state index in [1.165, 1.54) is 6.20 Å². The van der Waals surface area contributed by atoms with Gasteiger partial charge in [-0.25, -0.2) is 9.37 Å². The molecule has 0 unspecified atom stereocenters. The van der Waals surface area contributed by atoms with Gasteiger partial charge in [-0.3, -0.25) is 9.48 Å². The molecule has 2 heterocycles. The number of benzene rings is 1. The first-order valence-corrected chi connectivity index (χ1v) is 9.17. The highest BCUT2D eigenvalue weighted by molar-refractivity contribution is 7.09. The summed E-state index contributed by atoms with van der Waals surface area (Å²) in [6.07, 6.45) is -1.51. The summed E-state index contributed by atoms with van der Waals surface area (Å²) in [7, 11) is 0. The average molecular weight is 412 g/mol. The summed E-state index contributed by atoms with van der Waals surface area (Å²) in [6.45, 7) is 2.50. The van der Waals surface area contributed by atoms with Crippen LogP contribution in [0.4, 0.5) is 23.2 Å². The summed E-state index contributed by atoms with van der Waals surface area (Å²) >= 11 is 1.55. The van der Waals surface area contributed by atoms with Crippen LogP contribution in [0.25, 0.3) is 0 Å². The Kier molecular flexibility index (Phi) is 5.78. The second-order valence-corrected chi connectivity index (χ2v) is 7.07. The number of carbonyl (C=O) groups excluding carboxylic acids is 1. The van der Waals surface area contributed by atoms with Crippen molar-refractivity contribution in [3.63, 3.8) is 0 Å². The molecular formula is C18H16F4N4OS. The van der Waals surface area contributed by atoms with Crippen molar-refractivity contribution < 1.29 is 22.4 Å². The number of nitrogens with zero attached hydrogens (tertiary/aromatic N) is 3. The van der Waals surface area contributed by atoms with Gasteiger partial charge in [0.1, 0.15) is 5.82 Å². The zero-order chi connectivity index (χ0) is 20.3. The van der Waals surface area contributed by atoms with E-state index >= 15 is 0 Å². The third-order valence-electron chi connectivity index (χ3n) is 4.06. The van der Waals surface area contributed by atoms with E-state index < -0.39 is 29.9 Å². The molecule has 0 aliphatic carbocycles. The number of anilines is 1. The van der Waals surface area contributed by atoms with Crippen molar-refractivity contribution in [1.82, 2.24) is 14.8 Å². The minimum atomic E-state index is -4.74. The first-order chi connectivity index (χ1) is 13.2. The second-order valence-electron chi connectivity index (χ2n) is 6.13. The smallest absolute Gasteiger partial charge is 0.323 e. The van der Waals surface area contributed by atoms with Crippen LogP contribution < -0.4 is 5.32 Å². The predicted molar refractivity (Wildman–Crippen MR) is 96.5 cm³/mol. The lowest BCUT2D eigenvalue weighted by molar-refractivity contribution is -0.138. The van der Waals surface area contributed by atoms with E-state index in [0.717, 1.165) is 29.1 Å². The van der Waals surface area contributed by atoms with Gasteiger partial charge in [0.2, 0.25) is 5.91 Å². The van der Waals surface area contributed by atoms with Crippen LogP contribution in [-0.4, -0.2) is 20.7 Å². The van der Waals surface area contributed by atoms with Crippen molar-refractivity contribution in [1.29, 1.82) is 0 Å². The van der Waals surface area contributed by atoms with Crippen molar-refractivity contribution in [2.45, 2.75) is 32.5 Å². The molecule has 3 rings (SSSR count). The third kappa shape index (κ3) is 4.94. The fourth-order valence-corrected chi connectivity index (χ4v) is 3.45. The average Bonchev–Trinajstić information content (AvgIpc) is 3.22. The molecule has 1 aromatic carbocycles. The number of hydrogen-bond acceptors (Lipinski definition) is 4. The summed E-state index contributed by atoms with van der Waals surface area (Å²) < 4.78 is 53.9. The maximum absolute atomic E-state index is 13.1. The highest BCUT2D eigenvalue weighted by atomic mass is 32.1. The Morgan fingerprint density at radius 1 is 1.32 bits per heavy atom. The monoisotopic (exact) mass is 412 g/mol. The predicted octanol–water partition coefficient (Wildman–Crippen LogP) is 4.23. The van der Waals surface area contributed by atoms with Gasteiger partial charge in [0, 0.05) is 24.0 Å². The number of hydrogen-bond donors (Lipinski definition) is 1. The zero-order valence-electron chi connectivity index (χ0n) is 14.8. The van der Waals surface area contributed by atoms with Gasteiger partial charge in [-0.15, -0.1) is 11.3 Å². The van der Waals surface area contributed by atoms with E-state index in [9.17, 15) is 22.4 Å². The SMILES string of the molecule is Cc1ncsc1CCn1cc(NC(=O)Cc2ccc(F)cc2C(F)(F)F)cn1. The van der Waals surface area contributed by atoms with Crippen LogP contribution in [0, 0.1) is 12.7 Å². The van der Waals surface area contributed by atoms with E-state index in [1.54, 1.807) is 27.7 Å². The lowest BCUT2D eigenvalue weighted by atomic mass is 10.0. The van der Waals surface area contributed by atoms with Crippen molar-refractivity contribution >= 4 is 22.9 Å². The van der Waals surface area contributed by atoms with E-state index in [0.29, 0.717) is 18.3 Å². The summed E-state index contributed by atoms with van der Waals surface area (Å²) in [5.74, 6) is -1.65. The number of aryl methyl sites for hydroxylation is 3. The Balaban J connectivity index is 1.62. The molecule has 0 radical (unpaired) electrons. The Morgan fingerprint density at radius 2 is 2.11 bits per heavy atom. The molecule has 148 valence electrons.